The van der Waals surface area contributed by atoms with E-state index in [1.54, 1.807) is 0 Å². The van der Waals surface area contributed by atoms with Crippen LogP contribution in [0.4, 0.5) is 17.1 Å². The Bertz CT molecular complexity index is 3540. The monoisotopic (exact) mass is 805 g/mol. The molecule has 1 nitrogen and oxygen atoms in total. The summed E-state index contributed by atoms with van der Waals surface area (Å²) in [6, 6.07) is 80.4. The topological polar surface area (TPSA) is 3.24 Å². The number of rotatable bonds is 9. The molecule has 63 heavy (non-hydrogen) atoms. The fourth-order valence-corrected chi connectivity index (χ4v) is 8.77. The van der Waals surface area contributed by atoms with Crippen molar-refractivity contribution in [3.8, 4) is 66.8 Å². The summed E-state index contributed by atoms with van der Waals surface area (Å²) in [5.41, 5.74) is 13.3. The van der Waals surface area contributed by atoms with Crippen LogP contribution in [0.3, 0.4) is 0 Å². The molecular formula is C62H43N. The minimum absolute atomic E-state index is 0.101. The SMILES string of the molecule is [2H]c1c([2H])c(N(c2ccc(-c3ccc(-c4cccc5ccccc45)cc3)cc2)c2ccc(-c3c(-c4ccccc4)ccc4ccccc34)cc2)c([2H])c([2H])c1-c1ccc(-c2ccccc2)cc1. The van der Waals surface area contributed by atoms with Gasteiger partial charge in [0.2, 0.25) is 0 Å². The molecule has 0 atom stereocenters. The second-order valence-corrected chi connectivity index (χ2v) is 15.8. The third-order valence-corrected chi connectivity index (χ3v) is 12.0. The maximum atomic E-state index is 9.60. The van der Waals surface area contributed by atoms with E-state index in [9.17, 15) is 5.48 Å². The molecule has 0 bridgehead atoms. The smallest absolute Gasteiger partial charge is 0.0645 e. The fraction of sp³-hybridized carbons (Fsp3) is 0. The van der Waals surface area contributed by atoms with E-state index in [1.165, 1.54) is 16.3 Å². The van der Waals surface area contributed by atoms with Crippen LogP contribution in [0, 0.1) is 0 Å². The van der Waals surface area contributed by atoms with Crippen LogP contribution < -0.4 is 4.90 Å². The molecule has 0 N–H and O–H groups in total. The Morgan fingerprint density at radius 2 is 0.651 bits per heavy atom. The van der Waals surface area contributed by atoms with Gasteiger partial charge in [-0.1, -0.05) is 224 Å². The van der Waals surface area contributed by atoms with E-state index in [4.69, 9.17) is 0 Å². The lowest BCUT2D eigenvalue weighted by Gasteiger charge is -2.26. The van der Waals surface area contributed by atoms with Crippen LogP contribution >= 0.6 is 0 Å². The summed E-state index contributed by atoms with van der Waals surface area (Å²) in [7, 11) is 0. The van der Waals surface area contributed by atoms with Gasteiger partial charge in [-0.15, -0.1) is 0 Å². The van der Waals surface area contributed by atoms with E-state index >= 15 is 0 Å². The van der Waals surface area contributed by atoms with Crippen molar-refractivity contribution in [3.05, 3.63) is 261 Å². The predicted octanol–water partition coefficient (Wildman–Crippen LogP) is 17.5. The van der Waals surface area contributed by atoms with E-state index in [0.29, 0.717) is 16.9 Å². The first-order chi connectivity index (χ1) is 32.9. The van der Waals surface area contributed by atoms with Crippen LogP contribution in [0.2, 0.25) is 0 Å². The molecule has 0 amide bonds. The van der Waals surface area contributed by atoms with Gasteiger partial charge in [0.1, 0.15) is 0 Å². The van der Waals surface area contributed by atoms with Crippen molar-refractivity contribution in [2.24, 2.45) is 0 Å². The van der Waals surface area contributed by atoms with Crippen molar-refractivity contribution >= 4 is 38.6 Å². The van der Waals surface area contributed by atoms with Gasteiger partial charge in [0.05, 0.1) is 5.48 Å². The normalized spacial score (nSPS) is 12.1. The van der Waals surface area contributed by atoms with E-state index in [-0.39, 0.29) is 35.4 Å². The Labute approximate surface area is 375 Å². The maximum Gasteiger partial charge on any atom is 0.0645 e. The molecule has 0 saturated heterocycles. The lowest BCUT2D eigenvalue weighted by atomic mass is 9.89. The zero-order valence-electron chi connectivity index (χ0n) is 38.5. The highest BCUT2D eigenvalue weighted by atomic mass is 15.1. The molecule has 296 valence electrons. The van der Waals surface area contributed by atoms with Crippen LogP contribution in [0.25, 0.3) is 88.3 Å². The molecular weight excluding hydrogens is 759 g/mol. The van der Waals surface area contributed by atoms with Crippen molar-refractivity contribution < 1.29 is 5.48 Å². The second-order valence-electron chi connectivity index (χ2n) is 15.8. The largest absolute Gasteiger partial charge is 0.311 e. The van der Waals surface area contributed by atoms with Crippen LogP contribution in [0.15, 0.2) is 261 Å². The highest BCUT2D eigenvalue weighted by molar-refractivity contribution is 6.04. The average molecular weight is 806 g/mol. The summed E-state index contributed by atoms with van der Waals surface area (Å²) < 4.78 is 38.1. The van der Waals surface area contributed by atoms with E-state index in [1.807, 2.05) is 89.8 Å². The Morgan fingerprint density at radius 1 is 0.238 bits per heavy atom. The third-order valence-electron chi connectivity index (χ3n) is 12.0. The van der Waals surface area contributed by atoms with Gasteiger partial charge in [0, 0.05) is 17.1 Å². The number of hydrogen-bond donors (Lipinski definition) is 0. The molecule has 0 aromatic heterocycles. The summed E-state index contributed by atoms with van der Waals surface area (Å²) in [5.74, 6) is 0. The van der Waals surface area contributed by atoms with Crippen LogP contribution in [-0.2, 0) is 0 Å². The molecule has 1 heteroatoms. The van der Waals surface area contributed by atoms with Crippen molar-refractivity contribution in [2.75, 3.05) is 4.90 Å². The van der Waals surface area contributed by atoms with Crippen molar-refractivity contribution in [1.82, 2.24) is 0 Å². The zero-order valence-corrected chi connectivity index (χ0v) is 34.5. The molecule has 11 aromatic rings. The van der Waals surface area contributed by atoms with Crippen LogP contribution in [-0.4, -0.2) is 0 Å². The number of fused-ring (bicyclic) bond motifs is 2. The Morgan fingerprint density at radius 3 is 1.25 bits per heavy atom. The molecule has 0 aliphatic carbocycles. The molecule has 0 radical (unpaired) electrons. The fourth-order valence-electron chi connectivity index (χ4n) is 8.77. The second kappa shape index (κ2) is 16.7. The number of hydrogen-bond acceptors (Lipinski definition) is 1. The molecule has 0 aliphatic rings. The summed E-state index contributed by atoms with van der Waals surface area (Å²) in [6.45, 7) is 0. The summed E-state index contributed by atoms with van der Waals surface area (Å²) in [6.07, 6.45) is 0. The molecule has 0 unspecified atom stereocenters. The number of anilines is 3. The van der Waals surface area contributed by atoms with E-state index in [2.05, 4.69) is 152 Å². The number of nitrogens with zero attached hydrogens (tertiary/aromatic N) is 1. The van der Waals surface area contributed by atoms with E-state index < -0.39 is 0 Å². The van der Waals surface area contributed by atoms with Gasteiger partial charge < -0.3 is 4.90 Å². The first-order valence-electron chi connectivity index (χ1n) is 23.3. The van der Waals surface area contributed by atoms with Gasteiger partial charge in [0.25, 0.3) is 0 Å². The molecule has 0 saturated carbocycles. The molecule has 0 fully saturated rings. The minimum atomic E-state index is -0.124. The molecule has 0 spiro atoms. The standard InChI is InChI=1S/C62H43N/c1-3-12-44(13-4-1)45-22-24-46(25-23-45)48-30-37-55(38-31-48)63(56-39-32-49(33-40-56)47-26-28-53(29-27-47)59-21-11-18-50-16-7-9-19-58(50)59)57-41-34-54(35-42-57)62-60-20-10-8-17-52(60)36-43-61(62)51-14-5-2-6-15-51/h1-43H/i30D,31D,37D,38D. The lowest BCUT2D eigenvalue weighted by Crippen LogP contribution is -2.09. The highest BCUT2D eigenvalue weighted by Gasteiger charge is 2.17. The zero-order chi connectivity index (χ0) is 45.4. The van der Waals surface area contributed by atoms with Crippen molar-refractivity contribution in [2.45, 2.75) is 0 Å². The minimum Gasteiger partial charge on any atom is -0.311 e. The van der Waals surface area contributed by atoms with Crippen molar-refractivity contribution in [1.29, 1.82) is 0 Å². The summed E-state index contributed by atoms with van der Waals surface area (Å²) >= 11 is 0. The lowest BCUT2D eigenvalue weighted by molar-refractivity contribution is 1.28. The number of benzene rings is 11. The van der Waals surface area contributed by atoms with Gasteiger partial charge in [-0.3, -0.25) is 0 Å². The molecule has 0 aliphatic heterocycles. The average Bonchev–Trinajstić information content (AvgIpc) is 3.40. The molecule has 11 rings (SSSR count). The highest BCUT2D eigenvalue weighted by Crippen LogP contribution is 2.42. The third kappa shape index (κ3) is 7.47. The summed E-state index contributed by atoms with van der Waals surface area (Å²) in [5, 5.41) is 4.70. The van der Waals surface area contributed by atoms with Gasteiger partial charge in [0.15, 0.2) is 0 Å². The Hall–Kier alpha value is -8.26. The Balaban J connectivity index is 1.01. The van der Waals surface area contributed by atoms with Gasteiger partial charge >= 0.3 is 0 Å². The van der Waals surface area contributed by atoms with E-state index in [0.717, 1.165) is 60.8 Å². The Kier molecular flexibility index (Phi) is 8.84. The first kappa shape index (κ1) is 33.5. The van der Waals surface area contributed by atoms with Crippen LogP contribution in [0.1, 0.15) is 5.48 Å². The maximum absolute atomic E-state index is 9.60. The quantitative estimate of drug-likeness (QED) is 0.140. The summed E-state index contributed by atoms with van der Waals surface area (Å²) in [4.78, 5) is 1.86. The van der Waals surface area contributed by atoms with Crippen molar-refractivity contribution in [3.63, 3.8) is 0 Å². The van der Waals surface area contributed by atoms with Gasteiger partial charge in [-0.25, -0.2) is 0 Å². The van der Waals surface area contributed by atoms with Gasteiger partial charge in [-0.05, 0) is 125 Å². The van der Waals surface area contributed by atoms with Gasteiger partial charge in [-0.2, -0.15) is 0 Å². The first-order valence-corrected chi connectivity index (χ1v) is 21.3. The molecule has 0 heterocycles. The predicted molar refractivity (Wildman–Crippen MR) is 269 cm³/mol. The molecule has 11 aromatic carbocycles. The van der Waals surface area contributed by atoms with Crippen LogP contribution in [0.5, 0.6) is 0 Å².